The van der Waals surface area contributed by atoms with E-state index in [1.165, 1.54) is 20.8 Å². The van der Waals surface area contributed by atoms with E-state index in [4.69, 9.17) is 47.4 Å². The molecule has 0 heterocycles. The lowest BCUT2D eigenvalue weighted by Crippen LogP contribution is -2.59. The molecule has 0 aromatic heterocycles. The van der Waals surface area contributed by atoms with E-state index < -0.39 is 185 Å². The van der Waals surface area contributed by atoms with Gasteiger partial charge in [0.25, 0.3) is 0 Å². The second-order valence-electron chi connectivity index (χ2n) is 41.9. The molecule has 0 radical (unpaired) electrons. The summed E-state index contributed by atoms with van der Waals surface area (Å²) in [6.45, 7) is 25.9. The van der Waals surface area contributed by atoms with Crippen molar-refractivity contribution >= 4 is 82.3 Å². The minimum absolute atomic E-state index is 0.0804. The number of hydrogen-bond donors (Lipinski definition) is 0. The van der Waals surface area contributed by atoms with E-state index in [1.807, 2.05) is 66.9 Å². The molecule has 6 fully saturated rings. The van der Waals surface area contributed by atoms with Crippen LogP contribution in [0.25, 0.3) is 0 Å². The molecular formula is C99H142F10IN3O20. The molecule has 8 atom stereocenters. The van der Waals surface area contributed by atoms with Crippen LogP contribution in [0.15, 0.2) is 24.3 Å². The maximum absolute atomic E-state index is 14.3. The second kappa shape index (κ2) is 48.0. The van der Waals surface area contributed by atoms with Gasteiger partial charge in [0.1, 0.15) is 63.6 Å². The molecule has 0 spiro atoms. The second-order valence-corrected chi connectivity index (χ2v) is 43.1. The average Bonchev–Trinajstić information content (AvgIpc) is 0.725. The van der Waals surface area contributed by atoms with Gasteiger partial charge in [0.05, 0.1) is 59.9 Å². The molecule has 6 aliphatic rings. The minimum atomic E-state index is -2.33. The Labute approximate surface area is 791 Å². The number of carbonyl (C=O) groups excluding carboxylic acids is 10. The topological polar surface area (TPSA) is 273 Å². The molecule has 133 heavy (non-hydrogen) atoms. The van der Waals surface area contributed by atoms with E-state index in [0.29, 0.717) is 44.8 Å². The third-order valence-corrected chi connectivity index (χ3v) is 27.7. The Hall–Kier alpha value is -7.73. The van der Waals surface area contributed by atoms with Crippen molar-refractivity contribution in [2.24, 2.45) is 66.5 Å². The lowest BCUT2D eigenvalue weighted by atomic mass is 9.53. The van der Waals surface area contributed by atoms with Gasteiger partial charge < -0.3 is 62.1 Å². The van der Waals surface area contributed by atoms with Gasteiger partial charge in [0.2, 0.25) is 11.6 Å². The molecule has 3 aromatic rings. The third kappa shape index (κ3) is 30.6. The quantitative estimate of drug-likeness (QED) is 0.0127. The van der Waals surface area contributed by atoms with Crippen LogP contribution in [0.2, 0.25) is 0 Å². The maximum Gasteiger partial charge on any atom is 0.312 e. The highest BCUT2D eigenvalue weighted by Gasteiger charge is 2.61. The van der Waals surface area contributed by atoms with Crippen LogP contribution in [0.3, 0.4) is 0 Å². The number of esters is 10. The molecule has 750 valence electrons. The van der Waals surface area contributed by atoms with Gasteiger partial charge in [-0.25, -0.2) is 43.9 Å². The molecule has 34 heteroatoms. The Morgan fingerprint density at radius 3 is 0.970 bits per heavy atom. The van der Waals surface area contributed by atoms with Gasteiger partial charge in [-0.3, -0.25) is 47.9 Å². The van der Waals surface area contributed by atoms with E-state index in [1.54, 1.807) is 104 Å². The molecule has 0 amide bonds. The molecule has 4 bridgehead atoms. The lowest BCUT2D eigenvalue weighted by molar-refractivity contribution is -0.219. The number of rotatable bonds is 43. The fourth-order valence-electron chi connectivity index (χ4n) is 19.8. The Morgan fingerprint density at radius 2 is 0.677 bits per heavy atom. The van der Waals surface area contributed by atoms with E-state index in [0.717, 1.165) is 92.6 Å². The van der Waals surface area contributed by atoms with Crippen molar-refractivity contribution < 1.29 is 139 Å². The maximum atomic E-state index is 14.3. The largest absolute Gasteiger partial charge is 0.464 e. The summed E-state index contributed by atoms with van der Waals surface area (Å²) in [5.41, 5.74) is -13.8. The normalized spacial score (nSPS) is 20.8. The van der Waals surface area contributed by atoms with Gasteiger partial charge in [-0.1, -0.05) is 45.7 Å². The first-order chi connectivity index (χ1) is 61.6. The Morgan fingerprint density at radius 1 is 0.376 bits per heavy atom. The number of hydrogen-bond acceptors (Lipinski definition) is 23. The van der Waals surface area contributed by atoms with Gasteiger partial charge in [0, 0.05) is 42.0 Å². The minimum Gasteiger partial charge on any atom is -0.464 e. The number of halogens is 11. The first-order valence-corrected chi connectivity index (χ1v) is 47.3. The van der Waals surface area contributed by atoms with Crippen molar-refractivity contribution in [3.63, 3.8) is 0 Å². The summed E-state index contributed by atoms with van der Waals surface area (Å²) in [6.07, 6.45) is 12.6. The van der Waals surface area contributed by atoms with E-state index >= 15 is 0 Å². The molecule has 8 unspecified atom stereocenters. The summed E-state index contributed by atoms with van der Waals surface area (Å²) in [5.74, 6) is -27.0. The highest BCUT2D eigenvalue weighted by Crippen LogP contribution is 2.59. The molecule has 0 saturated heterocycles. The molecule has 0 aliphatic heterocycles. The summed E-state index contributed by atoms with van der Waals surface area (Å²) in [7, 11) is 11.0. The van der Waals surface area contributed by atoms with Crippen molar-refractivity contribution in [3.05, 3.63) is 103 Å². The van der Waals surface area contributed by atoms with Crippen molar-refractivity contribution in [1.29, 1.82) is 0 Å². The molecular weight excluding hydrogens is 1870 g/mol. The number of likely N-dealkylation sites (N-methyl/N-ethyl adjacent to an activating group) is 3. The molecule has 6 aliphatic carbocycles. The third-order valence-electron chi connectivity index (χ3n) is 27.0. The molecule has 3 aromatic carbocycles. The first kappa shape index (κ1) is 114. The summed E-state index contributed by atoms with van der Waals surface area (Å²) in [5, 5.41) is 0. The fourth-order valence-corrected chi connectivity index (χ4v) is 20.4. The molecule has 9 rings (SSSR count). The van der Waals surface area contributed by atoms with Crippen LogP contribution < -0.4 is 0 Å². The summed E-state index contributed by atoms with van der Waals surface area (Å²) in [6, 6.07) is 7.75. The van der Waals surface area contributed by atoms with Crippen LogP contribution in [0.1, 0.15) is 282 Å². The lowest BCUT2D eigenvalue weighted by Gasteiger charge is -2.58. The Balaban J connectivity index is 0.000000307. The zero-order chi connectivity index (χ0) is 100. The highest BCUT2D eigenvalue weighted by molar-refractivity contribution is 14.1. The SMILES string of the molecule is CCC(C)(CC(C)(CC(C)(C)C(=O)OCCN(C)C)C(=O)OCc1c(F)c(F)c(F)c(F)c1F)C(=O)OC1CCCCC1.CCC(C)(CC(C)(CC(C)(C)C(=O)OCCN(C)C)C(=O)OCc1c(F)c(F)c(F)c(F)c1F)C(=O)OC1CCCCC1.CCC(C)(CC(C)(CC(C)(C)C(=O)OCCN(C)C)C(=O)OCc1cccc(I)c1)C(=O)OC1C2CC3CC1CC(OC(C)=O)(C3)C2. The number of nitrogens with zero attached hydrogens (tertiary/aromatic N) is 3. The highest BCUT2D eigenvalue weighted by atomic mass is 127. The van der Waals surface area contributed by atoms with Gasteiger partial charge >= 0.3 is 59.7 Å². The van der Waals surface area contributed by atoms with Gasteiger partial charge in [-0.15, -0.1) is 0 Å². The van der Waals surface area contributed by atoms with Crippen molar-refractivity contribution in [2.75, 3.05) is 81.7 Å². The van der Waals surface area contributed by atoms with E-state index in [9.17, 15) is 91.8 Å². The number of carbonyl (C=O) groups is 10. The average molecular weight is 2010 g/mol. The van der Waals surface area contributed by atoms with Crippen molar-refractivity contribution in [1.82, 2.24) is 14.7 Å². The van der Waals surface area contributed by atoms with Crippen LogP contribution >= 0.6 is 22.6 Å². The summed E-state index contributed by atoms with van der Waals surface area (Å²) >= 11 is 2.22. The van der Waals surface area contributed by atoms with Crippen molar-refractivity contribution in [2.45, 2.75) is 309 Å². The smallest absolute Gasteiger partial charge is 0.312 e. The Bertz CT molecular complexity index is 4310. The first-order valence-electron chi connectivity index (χ1n) is 46.2. The molecule has 23 nitrogen and oxygen atoms in total. The van der Waals surface area contributed by atoms with E-state index in [2.05, 4.69) is 22.6 Å². The zero-order valence-corrected chi connectivity index (χ0v) is 83.9. The fraction of sp³-hybridized carbons (Fsp3) is 0.717. The number of benzene rings is 3. The standard InChI is InChI=1S/C37H54INO8.2C31H44F5NO6/c1-9-35(5,33(43)46-30-27-15-26-16-28(30)20-37(18-26,19-27)47-24(2)40)23-36(6,22-34(3,4)31(41)44-14-13-39(7)8)32(42)45-21-25-11-10-12-29(38)17-25;2*1-8-30(4,28(40)43-19-12-10-9-11-13-19)18-31(5,17-29(2,3)26(38)41-15-14-37(6)7)27(39)42-16-20-21(32)23(34)25(36)24(35)22(20)33/h10-12,17,26-28,30H,9,13-16,18-23H2,1-8H3;2*19H,8-18H2,1-7H3. The van der Waals surface area contributed by atoms with Gasteiger partial charge in [0.15, 0.2) is 46.5 Å². The van der Waals surface area contributed by atoms with E-state index in [-0.39, 0.29) is 120 Å². The van der Waals surface area contributed by atoms with Crippen LogP contribution in [0.4, 0.5) is 43.9 Å². The van der Waals surface area contributed by atoms with Crippen molar-refractivity contribution in [3.8, 4) is 0 Å². The zero-order valence-electron chi connectivity index (χ0n) is 81.8. The predicted molar refractivity (Wildman–Crippen MR) is 482 cm³/mol. The van der Waals surface area contributed by atoms with Crippen LogP contribution in [0.5, 0.6) is 0 Å². The number of ether oxygens (including phenoxy) is 10. The monoisotopic (exact) mass is 2010 g/mol. The summed E-state index contributed by atoms with van der Waals surface area (Å²) in [4.78, 5) is 139. The van der Waals surface area contributed by atoms with Gasteiger partial charge in [-0.2, -0.15) is 0 Å². The van der Waals surface area contributed by atoms with Crippen LogP contribution in [-0.4, -0.2) is 180 Å². The predicted octanol–water partition coefficient (Wildman–Crippen LogP) is 20.0. The van der Waals surface area contributed by atoms with Crippen LogP contribution in [0, 0.1) is 128 Å². The van der Waals surface area contributed by atoms with Gasteiger partial charge in [-0.05, 0) is 313 Å². The van der Waals surface area contributed by atoms with Crippen LogP contribution in [-0.2, 0) is 115 Å². The summed E-state index contributed by atoms with van der Waals surface area (Å²) < 4.78 is 197. The Kier molecular flexibility index (Phi) is 41.2. The molecule has 0 N–H and O–H groups in total. The molecule has 6 saturated carbocycles.